The Morgan fingerprint density at radius 3 is 3.24 bits per heavy atom. The molecule has 0 radical (unpaired) electrons. The van der Waals surface area contributed by atoms with E-state index in [-0.39, 0.29) is 17.9 Å². The highest BCUT2D eigenvalue weighted by Crippen LogP contribution is 2.22. The van der Waals surface area contributed by atoms with Gasteiger partial charge in [0.05, 0.1) is 5.69 Å². The highest BCUT2D eigenvalue weighted by atomic mass is 35.5. The summed E-state index contributed by atoms with van der Waals surface area (Å²) in [6.07, 6.45) is 6.04. The van der Waals surface area contributed by atoms with Crippen LogP contribution in [0.1, 0.15) is 18.5 Å². The van der Waals surface area contributed by atoms with Gasteiger partial charge in [-0.2, -0.15) is 0 Å². The van der Waals surface area contributed by atoms with E-state index in [1.54, 1.807) is 6.08 Å². The summed E-state index contributed by atoms with van der Waals surface area (Å²) in [7, 11) is 0. The molecule has 1 fully saturated rings. The highest BCUT2D eigenvalue weighted by Gasteiger charge is 2.18. The molecule has 2 aromatic heterocycles. The smallest absolute Gasteiger partial charge is 0.244 e. The third-order valence-electron chi connectivity index (χ3n) is 3.26. The van der Waals surface area contributed by atoms with Crippen molar-refractivity contribution in [3.05, 3.63) is 28.5 Å². The lowest BCUT2D eigenvalue weighted by atomic mass is 10.1. The zero-order valence-electron chi connectivity index (χ0n) is 11.0. The number of fused-ring (bicyclic) bond motifs is 1. The molecule has 3 rings (SSSR count). The van der Waals surface area contributed by atoms with E-state index < -0.39 is 0 Å². The minimum Gasteiger partial charge on any atom is -0.354 e. The lowest BCUT2D eigenvalue weighted by Gasteiger charge is -2.22. The van der Waals surface area contributed by atoms with Crippen molar-refractivity contribution < 1.29 is 9.59 Å². The van der Waals surface area contributed by atoms with E-state index in [1.165, 1.54) is 17.4 Å². The average Bonchev–Trinajstić information content (AvgIpc) is 3.00. The van der Waals surface area contributed by atoms with E-state index in [0.29, 0.717) is 30.2 Å². The predicted molar refractivity (Wildman–Crippen MR) is 81.3 cm³/mol. The average molecular weight is 325 g/mol. The molecule has 1 aliphatic heterocycles. The third kappa shape index (κ3) is 3.08. The molecule has 2 aromatic rings. The lowest BCUT2D eigenvalue weighted by Crippen LogP contribution is -2.47. The number of carbonyl (C=O) groups excluding carboxylic acids is 2. The van der Waals surface area contributed by atoms with Crippen molar-refractivity contribution in [2.75, 3.05) is 6.54 Å². The number of carbonyl (C=O) groups is 2. The normalized spacial score (nSPS) is 19.1. The first kappa shape index (κ1) is 14.1. The van der Waals surface area contributed by atoms with Crippen molar-refractivity contribution in [1.82, 2.24) is 20.0 Å². The molecule has 110 valence electrons. The van der Waals surface area contributed by atoms with Gasteiger partial charge >= 0.3 is 0 Å². The maximum Gasteiger partial charge on any atom is 0.244 e. The first-order valence-corrected chi connectivity index (χ1v) is 7.75. The Labute approximate surface area is 129 Å². The van der Waals surface area contributed by atoms with Gasteiger partial charge in [0.1, 0.15) is 0 Å². The van der Waals surface area contributed by atoms with Gasteiger partial charge in [-0.3, -0.25) is 14.0 Å². The van der Waals surface area contributed by atoms with Gasteiger partial charge in [0.2, 0.25) is 11.8 Å². The van der Waals surface area contributed by atoms with Gasteiger partial charge in [-0.15, -0.1) is 11.3 Å². The predicted octanol–water partition coefficient (Wildman–Crippen LogP) is 1.46. The number of nitrogens with one attached hydrogen (secondary N) is 2. The Morgan fingerprint density at radius 1 is 1.62 bits per heavy atom. The molecule has 1 atom stereocenters. The number of piperidine rings is 1. The number of hydrogen-bond acceptors (Lipinski definition) is 4. The van der Waals surface area contributed by atoms with Gasteiger partial charge < -0.3 is 10.6 Å². The van der Waals surface area contributed by atoms with Crippen LogP contribution < -0.4 is 10.6 Å². The van der Waals surface area contributed by atoms with Crippen LogP contribution in [0.5, 0.6) is 0 Å². The molecule has 0 spiro atoms. The summed E-state index contributed by atoms with van der Waals surface area (Å²) in [4.78, 5) is 27.9. The van der Waals surface area contributed by atoms with Crippen molar-refractivity contribution in [1.29, 1.82) is 0 Å². The fraction of sp³-hybridized carbons (Fsp3) is 0.308. The van der Waals surface area contributed by atoms with E-state index in [4.69, 9.17) is 11.6 Å². The van der Waals surface area contributed by atoms with E-state index >= 15 is 0 Å². The minimum absolute atomic E-state index is 0.0260. The van der Waals surface area contributed by atoms with Gasteiger partial charge in [-0.05, 0) is 12.5 Å². The largest absolute Gasteiger partial charge is 0.354 e. The Morgan fingerprint density at radius 2 is 2.48 bits per heavy atom. The maximum absolute atomic E-state index is 11.9. The van der Waals surface area contributed by atoms with Gasteiger partial charge in [-0.25, -0.2) is 4.98 Å². The lowest BCUT2D eigenvalue weighted by molar-refractivity contribution is -0.124. The second-order valence-corrected chi connectivity index (χ2v) is 5.96. The number of amides is 2. The highest BCUT2D eigenvalue weighted by molar-refractivity contribution is 7.15. The van der Waals surface area contributed by atoms with Gasteiger partial charge in [0.15, 0.2) is 10.1 Å². The Kier molecular flexibility index (Phi) is 3.94. The van der Waals surface area contributed by atoms with E-state index in [1.807, 2.05) is 16.0 Å². The first-order chi connectivity index (χ1) is 10.1. The minimum atomic E-state index is -0.211. The molecule has 0 saturated carbocycles. The summed E-state index contributed by atoms with van der Waals surface area (Å²) >= 11 is 7.52. The Hall–Kier alpha value is -1.86. The second-order valence-electron chi connectivity index (χ2n) is 4.73. The molecule has 0 bridgehead atoms. The van der Waals surface area contributed by atoms with Crippen LogP contribution in [0.4, 0.5) is 0 Å². The number of thiazole rings is 1. The molecule has 1 unspecified atom stereocenters. The molecule has 1 saturated heterocycles. The van der Waals surface area contributed by atoms with Crippen molar-refractivity contribution in [3.63, 3.8) is 0 Å². The Balaban J connectivity index is 1.65. The number of imidazole rings is 1. The van der Waals surface area contributed by atoms with Crippen LogP contribution in [-0.4, -0.2) is 33.8 Å². The number of aromatic nitrogens is 2. The molecule has 21 heavy (non-hydrogen) atoms. The van der Waals surface area contributed by atoms with Gasteiger partial charge in [0.25, 0.3) is 0 Å². The summed E-state index contributed by atoms with van der Waals surface area (Å²) < 4.78 is 1.83. The van der Waals surface area contributed by atoms with E-state index in [0.717, 1.165) is 4.96 Å². The fourth-order valence-corrected chi connectivity index (χ4v) is 3.19. The summed E-state index contributed by atoms with van der Waals surface area (Å²) in [5.74, 6) is -0.181. The van der Waals surface area contributed by atoms with Crippen LogP contribution in [0.3, 0.4) is 0 Å². The quantitative estimate of drug-likeness (QED) is 0.839. The molecule has 2 amide bonds. The maximum atomic E-state index is 11.9. The van der Waals surface area contributed by atoms with Crippen LogP contribution in [0, 0.1) is 0 Å². The van der Waals surface area contributed by atoms with Crippen LogP contribution >= 0.6 is 22.9 Å². The molecular formula is C13H13ClN4O2S. The van der Waals surface area contributed by atoms with Crippen LogP contribution in [0.15, 0.2) is 17.7 Å². The zero-order chi connectivity index (χ0) is 14.8. The number of rotatable bonds is 3. The van der Waals surface area contributed by atoms with Crippen molar-refractivity contribution in [2.45, 2.75) is 18.9 Å². The summed E-state index contributed by atoms with van der Waals surface area (Å²) in [5, 5.41) is 7.85. The molecular weight excluding hydrogens is 312 g/mol. The van der Waals surface area contributed by atoms with Gasteiger partial charge in [-0.1, -0.05) is 11.6 Å². The number of hydrogen-bond donors (Lipinski definition) is 2. The number of halogens is 1. The summed E-state index contributed by atoms with van der Waals surface area (Å²) in [5.41, 5.74) is 0.681. The SMILES string of the molecule is O=C(C=Cc1c(Cl)nc2sccn12)NC1CCC(=O)NC1. The monoisotopic (exact) mass is 324 g/mol. The van der Waals surface area contributed by atoms with Crippen LogP contribution in [-0.2, 0) is 9.59 Å². The fourth-order valence-electron chi connectivity index (χ4n) is 2.19. The van der Waals surface area contributed by atoms with E-state index in [9.17, 15) is 9.59 Å². The molecule has 3 heterocycles. The van der Waals surface area contributed by atoms with Crippen LogP contribution in [0.25, 0.3) is 11.0 Å². The second kappa shape index (κ2) is 5.87. The molecule has 0 aliphatic carbocycles. The first-order valence-electron chi connectivity index (χ1n) is 6.50. The van der Waals surface area contributed by atoms with E-state index in [2.05, 4.69) is 15.6 Å². The van der Waals surface area contributed by atoms with Gasteiger partial charge in [0, 0.05) is 36.7 Å². The summed E-state index contributed by atoms with van der Waals surface area (Å²) in [6.45, 7) is 0.473. The molecule has 0 aromatic carbocycles. The molecule has 1 aliphatic rings. The van der Waals surface area contributed by atoms with Crippen molar-refractivity contribution in [3.8, 4) is 0 Å². The zero-order valence-corrected chi connectivity index (χ0v) is 12.6. The molecule has 8 heteroatoms. The molecule has 2 N–H and O–H groups in total. The van der Waals surface area contributed by atoms with Crippen LogP contribution in [0.2, 0.25) is 5.15 Å². The van der Waals surface area contributed by atoms with Crippen molar-refractivity contribution in [2.24, 2.45) is 0 Å². The Bertz CT molecular complexity index is 711. The molecule has 6 nitrogen and oxygen atoms in total. The standard InChI is InChI=1S/C13H13ClN4O2S/c14-12-9(18-5-6-21-13(18)17-12)2-4-11(20)16-8-1-3-10(19)15-7-8/h2,4-6,8H,1,3,7H2,(H,15,19)(H,16,20). The number of nitrogens with zero attached hydrogens (tertiary/aromatic N) is 2. The third-order valence-corrected chi connectivity index (χ3v) is 4.29. The topological polar surface area (TPSA) is 75.5 Å². The van der Waals surface area contributed by atoms with Crippen molar-refractivity contribution >= 4 is 45.8 Å². The summed E-state index contributed by atoms with van der Waals surface area (Å²) in [6, 6.07) is -0.0260.